The number of aromatic amines is 1. The molecule has 132 valence electrons. The maximum Gasteiger partial charge on any atom is 0.262 e. The molecule has 3 aromatic rings. The van der Waals surface area contributed by atoms with Crippen LogP contribution < -0.4 is 10.9 Å². The van der Waals surface area contributed by atoms with Gasteiger partial charge in [0.15, 0.2) is 4.77 Å². The van der Waals surface area contributed by atoms with Crippen molar-refractivity contribution >= 4 is 34.7 Å². The Morgan fingerprint density at radius 1 is 1.27 bits per heavy atom. The molecule has 2 N–H and O–H groups in total. The van der Waals surface area contributed by atoms with E-state index >= 15 is 0 Å². The van der Waals surface area contributed by atoms with Crippen molar-refractivity contribution in [1.82, 2.24) is 9.55 Å². The fourth-order valence-corrected chi connectivity index (χ4v) is 2.99. The predicted molar refractivity (Wildman–Crippen MR) is 107 cm³/mol. The molecule has 0 fully saturated rings. The van der Waals surface area contributed by atoms with Crippen LogP contribution in [0.25, 0.3) is 10.9 Å². The van der Waals surface area contributed by atoms with E-state index < -0.39 is 0 Å². The number of carbonyl (C=O) groups excluding carboxylic acids is 1. The fraction of sp³-hybridized carbons (Fsp3) is 0.150. The molecule has 0 atom stereocenters. The summed E-state index contributed by atoms with van der Waals surface area (Å²) in [6.07, 6.45) is 2.56. The van der Waals surface area contributed by atoms with Crippen molar-refractivity contribution in [2.75, 3.05) is 5.32 Å². The number of fused-ring (bicyclic) bond motifs is 1. The molecular weight excluding hydrogens is 346 g/mol. The van der Waals surface area contributed by atoms with Crippen LogP contribution in [0.15, 0.2) is 59.9 Å². The van der Waals surface area contributed by atoms with Gasteiger partial charge in [-0.15, -0.1) is 6.58 Å². The molecule has 1 aromatic heterocycles. The molecule has 0 aliphatic heterocycles. The van der Waals surface area contributed by atoms with Crippen LogP contribution in [-0.2, 0) is 13.0 Å². The molecule has 0 saturated heterocycles. The fourth-order valence-electron chi connectivity index (χ4n) is 2.72. The van der Waals surface area contributed by atoms with Crippen LogP contribution in [0, 0.1) is 4.77 Å². The average molecular weight is 365 g/mol. The second-order valence-corrected chi connectivity index (χ2v) is 6.29. The summed E-state index contributed by atoms with van der Waals surface area (Å²) in [4.78, 5) is 28.0. The largest absolute Gasteiger partial charge is 0.332 e. The van der Waals surface area contributed by atoms with Crippen LogP contribution in [0.2, 0.25) is 0 Å². The molecule has 26 heavy (non-hydrogen) atoms. The Hall–Kier alpha value is -2.99. The lowest BCUT2D eigenvalue weighted by atomic mass is 10.1. The minimum atomic E-state index is -0.245. The van der Waals surface area contributed by atoms with Crippen LogP contribution in [-0.4, -0.2) is 15.5 Å². The molecule has 0 radical (unpaired) electrons. The third kappa shape index (κ3) is 3.50. The minimum absolute atomic E-state index is 0.203. The number of benzene rings is 2. The second kappa shape index (κ2) is 7.49. The number of aryl methyl sites for hydroxylation is 1. The first kappa shape index (κ1) is 17.8. The first-order chi connectivity index (χ1) is 12.5. The summed E-state index contributed by atoms with van der Waals surface area (Å²) < 4.78 is 1.73. The van der Waals surface area contributed by atoms with Gasteiger partial charge >= 0.3 is 0 Å². The molecule has 6 heteroatoms. The van der Waals surface area contributed by atoms with E-state index in [9.17, 15) is 9.59 Å². The summed E-state index contributed by atoms with van der Waals surface area (Å²) in [5, 5.41) is 3.34. The maximum absolute atomic E-state index is 12.5. The number of hydrogen-bond donors (Lipinski definition) is 2. The van der Waals surface area contributed by atoms with Gasteiger partial charge in [-0.2, -0.15) is 0 Å². The Morgan fingerprint density at radius 3 is 2.65 bits per heavy atom. The molecule has 0 unspecified atom stereocenters. The standard InChI is InChI=1S/C20H19N3O2S/c1-3-11-23-19(25)16-10-7-14(12-17(16)22-20(23)26)18(24)21-15-8-5-13(4-2)6-9-15/h3,5-10,12H,1,4,11H2,2H3,(H,21,24)(H,22,26). The third-order valence-corrected chi connectivity index (χ3v) is 4.50. The van der Waals surface area contributed by atoms with Crippen molar-refractivity contribution in [3.05, 3.63) is 81.4 Å². The maximum atomic E-state index is 12.5. The van der Waals surface area contributed by atoms with Crippen LogP contribution in [0.1, 0.15) is 22.8 Å². The lowest BCUT2D eigenvalue weighted by molar-refractivity contribution is 0.102. The van der Waals surface area contributed by atoms with Gasteiger partial charge in [0.25, 0.3) is 11.5 Å². The van der Waals surface area contributed by atoms with Gasteiger partial charge in [-0.05, 0) is 54.5 Å². The average Bonchev–Trinajstić information content (AvgIpc) is 2.65. The highest BCUT2D eigenvalue weighted by Gasteiger charge is 2.10. The zero-order valence-corrected chi connectivity index (χ0v) is 15.2. The van der Waals surface area contributed by atoms with E-state index in [1.807, 2.05) is 24.3 Å². The number of anilines is 1. The highest BCUT2D eigenvalue weighted by Crippen LogP contribution is 2.15. The summed E-state index contributed by atoms with van der Waals surface area (Å²) in [5.41, 5.74) is 2.71. The van der Waals surface area contributed by atoms with Crippen LogP contribution in [0.3, 0.4) is 0 Å². The van der Waals surface area contributed by atoms with E-state index in [-0.39, 0.29) is 11.5 Å². The van der Waals surface area contributed by atoms with Crippen LogP contribution in [0.4, 0.5) is 5.69 Å². The number of nitrogens with zero attached hydrogens (tertiary/aromatic N) is 1. The van der Waals surface area contributed by atoms with E-state index in [1.165, 1.54) is 10.1 Å². The lowest BCUT2D eigenvalue weighted by Crippen LogP contribution is -2.22. The van der Waals surface area contributed by atoms with Gasteiger partial charge in [-0.1, -0.05) is 25.1 Å². The summed E-state index contributed by atoms with van der Waals surface area (Å²) in [6, 6.07) is 12.6. The molecule has 2 aromatic carbocycles. The number of H-pyrrole nitrogens is 1. The number of allylic oxidation sites excluding steroid dienone is 1. The van der Waals surface area contributed by atoms with Crippen molar-refractivity contribution in [1.29, 1.82) is 0 Å². The normalized spacial score (nSPS) is 10.7. The topological polar surface area (TPSA) is 66.9 Å². The van der Waals surface area contributed by atoms with Gasteiger partial charge in [-0.25, -0.2) is 0 Å². The van der Waals surface area contributed by atoms with Crippen molar-refractivity contribution in [2.45, 2.75) is 19.9 Å². The first-order valence-corrected chi connectivity index (χ1v) is 8.72. The van der Waals surface area contributed by atoms with Gasteiger partial charge in [0.05, 0.1) is 10.9 Å². The van der Waals surface area contributed by atoms with Crippen molar-refractivity contribution in [2.24, 2.45) is 0 Å². The highest BCUT2D eigenvalue weighted by atomic mass is 32.1. The summed E-state index contributed by atoms with van der Waals surface area (Å²) >= 11 is 5.23. The Balaban J connectivity index is 1.94. The van der Waals surface area contributed by atoms with Crippen molar-refractivity contribution < 1.29 is 4.79 Å². The Kier molecular flexibility index (Phi) is 5.14. The van der Waals surface area contributed by atoms with Crippen LogP contribution >= 0.6 is 12.2 Å². The second-order valence-electron chi connectivity index (χ2n) is 5.90. The number of hydrogen-bond acceptors (Lipinski definition) is 3. The van der Waals surface area contributed by atoms with Gasteiger partial charge in [-0.3, -0.25) is 14.2 Å². The third-order valence-electron chi connectivity index (χ3n) is 4.18. The van der Waals surface area contributed by atoms with Crippen molar-refractivity contribution in [3.63, 3.8) is 0 Å². The number of carbonyl (C=O) groups is 1. The molecule has 0 aliphatic carbocycles. The minimum Gasteiger partial charge on any atom is -0.332 e. The number of amides is 1. The number of rotatable bonds is 5. The molecule has 0 spiro atoms. The molecule has 3 rings (SSSR count). The van der Waals surface area contributed by atoms with E-state index in [1.54, 1.807) is 24.3 Å². The molecule has 1 amide bonds. The SMILES string of the molecule is C=CCn1c(=S)[nH]c2cc(C(=O)Nc3ccc(CC)cc3)ccc2c1=O. The van der Waals surface area contributed by atoms with E-state index in [0.29, 0.717) is 27.8 Å². The zero-order valence-electron chi connectivity index (χ0n) is 14.4. The van der Waals surface area contributed by atoms with Gasteiger partial charge in [0.1, 0.15) is 0 Å². The number of aromatic nitrogens is 2. The number of nitrogens with one attached hydrogen (secondary N) is 2. The molecular formula is C20H19N3O2S. The Bertz CT molecular complexity index is 1090. The quantitative estimate of drug-likeness (QED) is 0.529. The van der Waals surface area contributed by atoms with Crippen LogP contribution in [0.5, 0.6) is 0 Å². The highest BCUT2D eigenvalue weighted by molar-refractivity contribution is 7.71. The molecule has 0 aliphatic rings. The molecule has 1 heterocycles. The lowest BCUT2D eigenvalue weighted by Gasteiger charge is -2.09. The van der Waals surface area contributed by atoms with E-state index in [2.05, 4.69) is 23.8 Å². The van der Waals surface area contributed by atoms with Gasteiger partial charge < -0.3 is 10.3 Å². The van der Waals surface area contributed by atoms with Gasteiger partial charge in [0.2, 0.25) is 0 Å². The summed E-state index contributed by atoms with van der Waals surface area (Å²) in [6.45, 7) is 6.05. The summed E-state index contributed by atoms with van der Waals surface area (Å²) in [7, 11) is 0. The smallest absolute Gasteiger partial charge is 0.262 e. The van der Waals surface area contributed by atoms with E-state index in [4.69, 9.17) is 12.2 Å². The van der Waals surface area contributed by atoms with Gasteiger partial charge in [0, 0.05) is 17.8 Å². The van der Waals surface area contributed by atoms with E-state index in [0.717, 1.165) is 12.1 Å². The molecule has 0 saturated carbocycles. The first-order valence-electron chi connectivity index (χ1n) is 8.31. The summed E-state index contributed by atoms with van der Waals surface area (Å²) in [5.74, 6) is -0.245. The Morgan fingerprint density at radius 2 is 2.00 bits per heavy atom. The Labute approximate surface area is 156 Å². The monoisotopic (exact) mass is 365 g/mol. The predicted octanol–water partition coefficient (Wildman–Crippen LogP) is 4.06. The van der Waals surface area contributed by atoms with Crippen molar-refractivity contribution in [3.8, 4) is 0 Å². The zero-order chi connectivity index (χ0) is 18.7. The molecule has 5 nitrogen and oxygen atoms in total. The molecule has 0 bridgehead atoms.